The quantitative estimate of drug-likeness (QED) is 0.838. The minimum absolute atomic E-state index is 0.198. The molecule has 1 aliphatic heterocycles. The Hall–Kier alpha value is -2.74. The van der Waals surface area contributed by atoms with Crippen molar-refractivity contribution in [3.05, 3.63) is 42.5 Å². The first kappa shape index (κ1) is 14.2. The molecule has 1 fully saturated rings. The van der Waals surface area contributed by atoms with Crippen molar-refractivity contribution in [1.82, 2.24) is 20.1 Å². The van der Waals surface area contributed by atoms with Gasteiger partial charge < -0.3 is 15.2 Å². The zero-order valence-corrected chi connectivity index (χ0v) is 11.5. The molecular formula is C14H14N4O4. The second-order valence-corrected chi connectivity index (χ2v) is 4.85. The highest BCUT2D eigenvalue weighted by Gasteiger charge is 2.35. The number of carboxylic acids is 1. The summed E-state index contributed by atoms with van der Waals surface area (Å²) in [6, 6.07) is 4.53. The molecule has 1 amide bonds. The minimum atomic E-state index is -1.08. The third kappa shape index (κ3) is 2.82. The average Bonchev–Trinajstić information content (AvgIpc) is 3.18. The molecule has 2 N–H and O–H groups in total. The summed E-state index contributed by atoms with van der Waals surface area (Å²) >= 11 is 0. The lowest BCUT2D eigenvalue weighted by molar-refractivity contribution is -0.148. The van der Waals surface area contributed by atoms with Gasteiger partial charge in [-0.05, 0) is 24.6 Å². The van der Waals surface area contributed by atoms with Crippen molar-refractivity contribution < 1.29 is 19.4 Å². The lowest BCUT2D eigenvalue weighted by atomic mass is 10.1. The number of ether oxygens (including phenoxy) is 1. The molecule has 1 saturated heterocycles. The van der Waals surface area contributed by atoms with E-state index in [-0.39, 0.29) is 5.69 Å². The first-order valence-electron chi connectivity index (χ1n) is 6.76. The van der Waals surface area contributed by atoms with Gasteiger partial charge in [-0.25, -0.2) is 9.48 Å². The second-order valence-electron chi connectivity index (χ2n) is 4.85. The molecule has 3 heterocycles. The SMILES string of the molecule is O=C(N[C@H]1CCO[C@H]1C(=O)O)c1cc(-n2cccn2)ccn1. The number of carbonyl (C=O) groups excluding carboxylic acids is 1. The van der Waals surface area contributed by atoms with Crippen molar-refractivity contribution in [3.8, 4) is 5.69 Å². The molecular weight excluding hydrogens is 288 g/mol. The summed E-state index contributed by atoms with van der Waals surface area (Å²) in [6.45, 7) is 0.308. The number of hydrogen-bond donors (Lipinski definition) is 2. The number of aromatic nitrogens is 3. The van der Waals surface area contributed by atoms with E-state index < -0.39 is 24.0 Å². The fraction of sp³-hybridized carbons (Fsp3) is 0.286. The summed E-state index contributed by atoms with van der Waals surface area (Å²) in [5, 5.41) is 15.8. The van der Waals surface area contributed by atoms with Gasteiger partial charge in [0, 0.05) is 25.2 Å². The normalized spacial score (nSPS) is 20.7. The van der Waals surface area contributed by atoms with Gasteiger partial charge in [-0.15, -0.1) is 0 Å². The second kappa shape index (κ2) is 5.94. The van der Waals surface area contributed by atoms with E-state index in [4.69, 9.17) is 9.84 Å². The van der Waals surface area contributed by atoms with Gasteiger partial charge in [0.2, 0.25) is 0 Å². The van der Waals surface area contributed by atoms with E-state index >= 15 is 0 Å². The first-order chi connectivity index (χ1) is 10.6. The standard InChI is InChI=1S/C14H14N4O4/c19-13(17-10-3-7-22-12(10)14(20)21)11-8-9(2-5-15-11)18-6-1-4-16-18/h1-2,4-6,8,10,12H,3,7H2,(H,17,19)(H,20,21)/t10-,12+/m0/s1. The summed E-state index contributed by atoms with van der Waals surface area (Å²) in [7, 11) is 0. The van der Waals surface area contributed by atoms with Crippen molar-refractivity contribution in [2.45, 2.75) is 18.6 Å². The number of nitrogens with zero attached hydrogens (tertiary/aromatic N) is 3. The van der Waals surface area contributed by atoms with Crippen LogP contribution in [-0.4, -0.2) is 50.5 Å². The van der Waals surface area contributed by atoms with Crippen LogP contribution in [0.5, 0.6) is 0 Å². The van der Waals surface area contributed by atoms with E-state index in [0.717, 1.165) is 0 Å². The number of carboxylic acid groups (broad SMARTS) is 1. The molecule has 2 atom stereocenters. The van der Waals surface area contributed by atoms with Crippen LogP contribution in [-0.2, 0) is 9.53 Å². The van der Waals surface area contributed by atoms with Crippen LogP contribution >= 0.6 is 0 Å². The molecule has 0 saturated carbocycles. The highest BCUT2D eigenvalue weighted by Crippen LogP contribution is 2.15. The van der Waals surface area contributed by atoms with E-state index in [1.165, 1.54) is 6.20 Å². The summed E-state index contributed by atoms with van der Waals surface area (Å²) in [5.41, 5.74) is 0.895. The molecule has 1 aliphatic rings. The molecule has 0 bridgehead atoms. The monoisotopic (exact) mass is 302 g/mol. The van der Waals surface area contributed by atoms with E-state index in [2.05, 4.69) is 15.4 Å². The van der Waals surface area contributed by atoms with Crippen molar-refractivity contribution in [2.75, 3.05) is 6.61 Å². The number of carbonyl (C=O) groups is 2. The smallest absolute Gasteiger partial charge is 0.334 e. The maximum absolute atomic E-state index is 12.2. The summed E-state index contributed by atoms with van der Waals surface area (Å²) in [4.78, 5) is 27.3. The van der Waals surface area contributed by atoms with Crippen molar-refractivity contribution in [3.63, 3.8) is 0 Å². The van der Waals surface area contributed by atoms with E-state index in [1.54, 1.807) is 35.3 Å². The summed E-state index contributed by atoms with van der Waals surface area (Å²) in [5.74, 6) is -1.52. The number of pyridine rings is 1. The van der Waals surface area contributed by atoms with Crippen molar-refractivity contribution in [1.29, 1.82) is 0 Å². The van der Waals surface area contributed by atoms with Gasteiger partial charge >= 0.3 is 5.97 Å². The molecule has 0 radical (unpaired) electrons. The Bertz CT molecular complexity index is 686. The molecule has 0 spiro atoms. The predicted molar refractivity (Wildman–Crippen MR) is 74.6 cm³/mol. The molecule has 0 aromatic carbocycles. The maximum atomic E-state index is 12.2. The van der Waals surface area contributed by atoms with Gasteiger partial charge in [-0.2, -0.15) is 5.10 Å². The van der Waals surface area contributed by atoms with Crippen molar-refractivity contribution in [2.24, 2.45) is 0 Å². The van der Waals surface area contributed by atoms with Crippen LogP contribution in [0.4, 0.5) is 0 Å². The molecule has 22 heavy (non-hydrogen) atoms. The lowest BCUT2D eigenvalue weighted by Gasteiger charge is -2.16. The molecule has 2 aromatic heterocycles. The first-order valence-corrected chi connectivity index (χ1v) is 6.76. The van der Waals surface area contributed by atoms with E-state index in [0.29, 0.717) is 18.7 Å². The van der Waals surface area contributed by atoms with Gasteiger partial charge in [0.05, 0.1) is 11.7 Å². The summed E-state index contributed by atoms with van der Waals surface area (Å²) < 4.78 is 6.71. The van der Waals surface area contributed by atoms with Crippen LogP contribution in [0.3, 0.4) is 0 Å². The lowest BCUT2D eigenvalue weighted by Crippen LogP contribution is -2.44. The average molecular weight is 302 g/mol. The number of nitrogens with one attached hydrogen (secondary N) is 1. The number of aliphatic carboxylic acids is 1. The predicted octanol–water partition coefficient (Wildman–Crippen LogP) is 0.239. The van der Waals surface area contributed by atoms with Crippen molar-refractivity contribution >= 4 is 11.9 Å². The molecule has 3 rings (SSSR count). The van der Waals surface area contributed by atoms with Crippen LogP contribution in [0.2, 0.25) is 0 Å². The molecule has 0 aliphatic carbocycles. The third-order valence-electron chi connectivity index (χ3n) is 3.40. The molecule has 2 aromatic rings. The molecule has 8 heteroatoms. The Morgan fingerprint density at radius 2 is 2.27 bits per heavy atom. The zero-order chi connectivity index (χ0) is 15.5. The highest BCUT2D eigenvalue weighted by atomic mass is 16.5. The Labute approximate surface area is 125 Å². The van der Waals surface area contributed by atoms with Gasteiger partial charge in [0.1, 0.15) is 5.69 Å². The molecule has 0 unspecified atom stereocenters. The Morgan fingerprint density at radius 3 is 3.00 bits per heavy atom. The Balaban J connectivity index is 1.75. The summed E-state index contributed by atoms with van der Waals surface area (Å²) in [6.07, 6.45) is 4.33. The van der Waals surface area contributed by atoms with Crippen LogP contribution in [0.25, 0.3) is 5.69 Å². The van der Waals surface area contributed by atoms with Gasteiger partial charge in [-0.3, -0.25) is 9.78 Å². The van der Waals surface area contributed by atoms with Crippen LogP contribution in [0.1, 0.15) is 16.9 Å². The van der Waals surface area contributed by atoms with E-state index in [9.17, 15) is 9.59 Å². The largest absolute Gasteiger partial charge is 0.479 e. The minimum Gasteiger partial charge on any atom is -0.479 e. The topological polar surface area (TPSA) is 106 Å². The fourth-order valence-electron chi connectivity index (χ4n) is 2.33. The van der Waals surface area contributed by atoms with Crippen LogP contribution in [0.15, 0.2) is 36.8 Å². The van der Waals surface area contributed by atoms with E-state index in [1.807, 2.05) is 0 Å². The Morgan fingerprint density at radius 1 is 1.41 bits per heavy atom. The van der Waals surface area contributed by atoms with Gasteiger partial charge in [0.25, 0.3) is 5.91 Å². The highest BCUT2D eigenvalue weighted by molar-refractivity contribution is 5.93. The zero-order valence-electron chi connectivity index (χ0n) is 11.5. The van der Waals surface area contributed by atoms with Gasteiger partial charge in [0.15, 0.2) is 6.10 Å². The van der Waals surface area contributed by atoms with Gasteiger partial charge in [-0.1, -0.05) is 0 Å². The number of hydrogen-bond acceptors (Lipinski definition) is 5. The van der Waals surface area contributed by atoms with Crippen LogP contribution in [0, 0.1) is 0 Å². The fourth-order valence-corrected chi connectivity index (χ4v) is 2.33. The third-order valence-corrected chi connectivity index (χ3v) is 3.40. The Kier molecular flexibility index (Phi) is 3.84. The maximum Gasteiger partial charge on any atom is 0.334 e. The van der Waals surface area contributed by atoms with Crippen LogP contribution < -0.4 is 5.32 Å². The number of rotatable bonds is 4. The number of amides is 1. The molecule has 114 valence electrons. The molecule has 8 nitrogen and oxygen atoms in total.